The van der Waals surface area contributed by atoms with Gasteiger partial charge in [0, 0.05) is 31.2 Å². The van der Waals surface area contributed by atoms with Crippen LogP contribution in [0.2, 0.25) is 0 Å². The third kappa shape index (κ3) is 3.73. The van der Waals surface area contributed by atoms with E-state index in [4.69, 9.17) is 0 Å². The molecular weight excluding hydrogens is 254 g/mol. The van der Waals surface area contributed by atoms with E-state index in [2.05, 4.69) is 10.6 Å². The number of hydrogen-bond acceptors (Lipinski definition) is 2. The molecule has 2 N–H and O–H groups in total. The summed E-state index contributed by atoms with van der Waals surface area (Å²) in [6.07, 6.45) is 1.60. The number of piperidine rings is 1. The van der Waals surface area contributed by atoms with Gasteiger partial charge in [-0.3, -0.25) is 4.79 Å². The van der Waals surface area contributed by atoms with Crippen molar-refractivity contribution in [3.8, 4) is 0 Å². The van der Waals surface area contributed by atoms with E-state index in [9.17, 15) is 9.59 Å². The molecule has 0 aliphatic carbocycles. The Balaban J connectivity index is 1.80. The van der Waals surface area contributed by atoms with E-state index in [0.29, 0.717) is 25.2 Å². The molecule has 1 saturated heterocycles. The van der Waals surface area contributed by atoms with Crippen molar-refractivity contribution in [2.75, 3.05) is 19.6 Å². The molecule has 3 amide bonds. The van der Waals surface area contributed by atoms with Gasteiger partial charge in [-0.1, -0.05) is 18.2 Å². The van der Waals surface area contributed by atoms with Crippen molar-refractivity contribution in [1.82, 2.24) is 15.5 Å². The summed E-state index contributed by atoms with van der Waals surface area (Å²) in [4.78, 5) is 25.5. The van der Waals surface area contributed by atoms with Gasteiger partial charge in [0.05, 0.1) is 0 Å². The topological polar surface area (TPSA) is 61.4 Å². The lowest BCUT2D eigenvalue weighted by Gasteiger charge is -2.32. The molecule has 1 aromatic carbocycles. The number of nitrogens with one attached hydrogen (secondary N) is 2. The van der Waals surface area contributed by atoms with E-state index in [1.165, 1.54) is 0 Å². The summed E-state index contributed by atoms with van der Waals surface area (Å²) in [7, 11) is 0. The van der Waals surface area contributed by atoms with Gasteiger partial charge in [-0.15, -0.1) is 0 Å². The number of carbonyl (C=O) groups excluding carboxylic acids is 2. The first kappa shape index (κ1) is 14.4. The molecule has 1 aromatic rings. The molecule has 1 aliphatic heterocycles. The van der Waals surface area contributed by atoms with E-state index in [1.807, 2.05) is 25.1 Å². The van der Waals surface area contributed by atoms with Crippen LogP contribution in [0, 0.1) is 0 Å². The van der Waals surface area contributed by atoms with Crippen molar-refractivity contribution < 1.29 is 9.59 Å². The van der Waals surface area contributed by atoms with Gasteiger partial charge < -0.3 is 15.5 Å². The van der Waals surface area contributed by atoms with Crippen LogP contribution >= 0.6 is 0 Å². The smallest absolute Gasteiger partial charge is 0.317 e. The average molecular weight is 275 g/mol. The minimum absolute atomic E-state index is 0.0136. The monoisotopic (exact) mass is 275 g/mol. The maximum Gasteiger partial charge on any atom is 0.317 e. The highest BCUT2D eigenvalue weighted by Gasteiger charge is 2.23. The summed E-state index contributed by atoms with van der Waals surface area (Å²) < 4.78 is 0. The maximum atomic E-state index is 12.0. The predicted octanol–water partition coefficient (Wildman–Crippen LogP) is 1.61. The zero-order chi connectivity index (χ0) is 14.4. The number of likely N-dealkylation sites (tertiary alicyclic amines) is 1. The van der Waals surface area contributed by atoms with Crippen LogP contribution in [0.15, 0.2) is 30.3 Å². The minimum atomic E-state index is -0.0398. The molecule has 2 rings (SSSR count). The molecule has 108 valence electrons. The lowest BCUT2D eigenvalue weighted by molar-refractivity contribution is 0.0918. The lowest BCUT2D eigenvalue weighted by atomic mass is 10.0. The Morgan fingerprint density at radius 1 is 1.20 bits per heavy atom. The molecule has 0 unspecified atom stereocenters. The van der Waals surface area contributed by atoms with Gasteiger partial charge in [0.15, 0.2) is 0 Å². The third-order valence-electron chi connectivity index (χ3n) is 3.48. The summed E-state index contributed by atoms with van der Waals surface area (Å²) in [6.45, 7) is 3.92. The van der Waals surface area contributed by atoms with Gasteiger partial charge >= 0.3 is 6.03 Å². The normalized spacial score (nSPS) is 15.8. The van der Waals surface area contributed by atoms with Gasteiger partial charge in [0.2, 0.25) is 0 Å². The number of urea groups is 1. The fraction of sp³-hybridized carbons (Fsp3) is 0.467. The van der Waals surface area contributed by atoms with Crippen molar-refractivity contribution >= 4 is 11.9 Å². The predicted molar refractivity (Wildman–Crippen MR) is 77.6 cm³/mol. The Morgan fingerprint density at radius 3 is 2.45 bits per heavy atom. The number of carbonyl (C=O) groups is 2. The van der Waals surface area contributed by atoms with Crippen LogP contribution in [0.3, 0.4) is 0 Å². The van der Waals surface area contributed by atoms with E-state index in [-0.39, 0.29) is 18.0 Å². The van der Waals surface area contributed by atoms with E-state index in [0.717, 1.165) is 12.8 Å². The summed E-state index contributed by atoms with van der Waals surface area (Å²) in [6, 6.07) is 9.34. The molecule has 5 nitrogen and oxygen atoms in total. The number of nitrogens with zero attached hydrogens (tertiary/aromatic N) is 1. The number of hydrogen-bond donors (Lipinski definition) is 2. The van der Waals surface area contributed by atoms with Crippen LogP contribution in [-0.4, -0.2) is 42.5 Å². The second-order valence-corrected chi connectivity index (χ2v) is 4.94. The minimum Gasteiger partial charge on any atom is -0.349 e. The van der Waals surface area contributed by atoms with Crippen LogP contribution in [-0.2, 0) is 0 Å². The molecule has 0 aromatic heterocycles. The van der Waals surface area contributed by atoms with Crippen LogP contribution in [0.1, 0.15) is 30.1 Å². The average Bonchev–Trinajstić information content (AvgIpc) is 2.49. The van der Waals surface area contributed by atoms with E-state index in [1.54, 1.807) is 17.0 Å². The van der Waals surface area contributed by atoms with Gasteiger partial charge in [-0.25, -0.2) is 4.79 Å². The van der Waals surface area contributed by atoms with Crippen molar-refractivity contribution in [3.63, 3.8) is 0 Å². The summed E-state index contributed by atoms with van der Waals surface area (Å²) in [5.74, 6) is -0.0398. The second-order valence-electron chi connectivity index (χ2n) is 4.94. The maximum absolute atomic E-state index is 12.0. The molecule has 0 atom stereocenters. The molecule has 0 spiro atoms. The molecule has 1 aliphatic rings. The van der Waals surface area contributed by atoms with Crippen molar-refractivity contribution in [1.29, 1.82) is 0 Å². The van der Waals surface area contributed by atoms with Crippen LogP contribution < -0.4 is 10.6 Å². The number of benzene rings is 1. The van der Waals surface area contributed by atoms with Crippen molar-refractivity contribution in [2.24, 2.45) is 0 Å². The second kappa shape index (κ2) is 6.93. The summed E-state index contributed by atoms with van der Waals surface area (Å²) >= 11 is 0. The SMILES string of the molecule is CCNC(=O)N1CCC(NC(=O)c2ccccc2)CC1. The molecule has 1 fully saturated rings. The fourth-order valence-electron chi connectivity index (χ4n) is 2.35. The van der Waals surface area contributed by atoms with E-state index < -0.39 is 0 Å². The zero-order valence-electron chi connectivity index (χ0n) is 11.8. The molecule has 0 bridgehead atoms. The van der Waals surface area contributed by atoms with Crippen LogP contribution in [0.5, 0.6) is 0 Å². The molecular formula is C15H21N3O2. The first-order valence-corrected chi connectivity index (χ1v) is 7.09. The standard InChI is InChI=1S/C15H21N3O2/c1-2-16-15(20)18-10-8-13(9-11-18)17-14(19)12-6-4-3-5-7-12/h3-7,13H,2,8-11H2,1H3,(H,16,20)(H,17,19). The van der Waals surface area contributed by atoms with Gasteiger partial charge in [0.1, 0.15) is 0 Å². The zero-order valence-corrected chi connectivity index (χ0v) is 11.8. The third-order valence-corrected chi connectivity index (χ3v) is 3.48. The quantitative estimate of drug-likeness (QED) is 0.880. The first-order chi connectivity index (χ1) is 9.70. The van der Waals surface area contributed by atoms with Gasteiger partial charge in [-0.05, 0) is 31.9 Å². The Kier molecular flexibility index (Phi) is 4.98. The molecule has 1 heterocycles. The molecule has 5 heteroatoms. The molecule has 0 radical (unpaired) electrons. The molecule has 0 saturated carbocycles. The van der Waals surface area contributed by atoms with Crippen LogP contribution in [0.25, 0.3) is 0 Å². The summed E-state index contributed by atoms with van der Waals surface area (Å²) in [5.41, 5.74) is 0.679. The van der Waals surface area contributed by atoms with Crippen LogP contribution in [0.4, 0.5) is 4.79 Å². The van der Waals surface area contributed by atoms with Crippen molar-refractivity contribution in [2.45, 2.75) is 25.8 Å². The van der Waals surface area contributed by atoms with Crippen molar-refractivity contribution in [3.05, 3.63) is 35.9 Å². The number of rotatable bonds is 3. The van der Waals surface area contributed by atoms with Gasteiger partial charge in [-0.2, -0.15) is 0 Å². The highest BCUT2D eigenvalue weighted by molar-refractivity contribution is 5.94. The number of amides is 3. The highest BCUT2D eigenvalue weighted by Crippen LogP contribution is 2.11. The Bertz CT molecular complexity index is 453. The first-order valence-electron chi connectivity index (χ1n) is 7.09. The largest absolute Gasteiger partial charge is 0.349 e. The fourth-order valence-corrected chi connectivity index (χ4v) is 2.35. The Labute approximate surface area is 119 Å². The molecule has 20 heavy (non-hydrogen) atoms. The lowest BCUT2D eigenvalue weighted by Crippen LogP contribution is -2.49. The Morgan fingerprint density at radius 2 is 1.85 bits per heavy atom. The Hall–Kier alpha value is -2.04. The van der Waals surface area contributed by atoms with E-state index >= 15 is 0 Å². The van der Waals surface area contributed by atoms with Gasteiger partial charge in [0.25, 0.3) is 5.91 Å². The summed E-state index contributed by atoms with van der Waals surface area (Å²) in [5, 5.41) is 5.83. The highest BCUT2D eigenvalue weighted by atomic mass is 16.2.